The molecule has 5 rings (SSSR count). The van der Waals surface area contributed by atoms with Gasteiger partial charge in [-0.15, -0.1) is 11.3 Å². The van der Waals surface area contributed by atoms with Crippen molar-refractivity contribution in [2.24, 2.45) is 5.92 Å². The molecule has 170 valence electrons. The number of carbonyl (C=O) groups excluding carboxylic acids is 1. The standard InChI is InChI=1S/C25H22Cl2FN3OS/c1-14-30-23(24(33-14)16-4-6-20(26)21(27)10-16)25(32)31(13-15-2-3-15)9-8-17-12-29-22-7-5-18(28)11-19(17)22/h4-7,10-12,15,29H,2-3,8-9,13H2,1H3. The number of aromatic nitrogens is 2. The van der Waals surface area contributed by atoms with E-state index < -0.39 is 0 Å². The Kier molecular flexibility index (Phi) is 6.16. The van der Waals surface area contributed by atoms with Crippen molar-refractivity contribution in [1.29, 1.82) is 0 Å². The lowest BCUT2D eigenvalue weighted by Crippen LogP contribution is -2.35. The number of H-pyrrole nitrogens is 1. The molecule has 0 bridgehead atoms. The summed E-state index contributed by atoms with van der Waals surface area (Å²) in [6.45, 7) is 3.14. The molecule has 33 heavy (non-hydrogen) atoms. The van der Waals surface area contributed by atoms with Crippen LogP contribution in [-0.4, -0.2) is 33.9 Å². The summed E-state index contributed by atoms with van der Waals surface area (Å²) >= 11 is 13.8. The maximum Gasteiger partial charge on any atom is 0.274 e. The van der Waals surface area contributed by atoms with Gasteiger partial charge in [0.1, 0.15) is 11.5 Å². The van der Waals surface area contributed by atoms with Gasteiger partial charge in [-0.2, -0.15) is 0 Å². The smallest absolute Gasteiger partial charge is 0.274 e. The van der Waals surface area contributed by atoms with Gasteiger partial charge in [0, 0.05) is 30.2 Å². The molecule has 0 aliphatic heterocycles. The van der Waals surface area contributed by atoms with Crippen LogP contribution in [0.5, 0.6) is 0 Å². The van der Waals surface area contributed by atoms with E-state index in [2.05, 4.69) is 9.97 Å². The van der Waals surface area contributed by atoms with Crippen molar-refractivity contribution in [2.75, 3.05) is 13.1 Å². The predicted molar refractivity (Wildman–Crippen MR) is 133 cm³/mol. The summed E-state index contributed by atoms with van der Waals surface area (Å²) < 4.78 is 13.8. The fourth-order valence-electron chi connectivity index (χ4n) is 4.06. The molecule has 1 aliphatic rings. The number of benzene rings is 2. The number of nitrogens with zero attached hydrogens (tertiary/aromatic N) is 2. The molecular weight excluding hydrogens is 480 g/mol. The number of nitrogens with one attached hydrogen (secondary N) is 1. The van der Waals surface area contributed by atoms with Crippen LogP contribution in [0.25, 0.3) is 21.3 Å². The second-order valence-electron chi connectivity index (χ2n) is 8.49. The summed E-state index contributed by atoms with van der Waals surface area (Å²) in [5.41, 5.74) is 3.17. The molecule has 1 aliphatic carbocycles. The Morgan fingerprint density at radius 2 is 2.03 bits per heavy atom. The van der Waals surface area contributed by atoms with Gasteiger partial charge in [0.05, 0.1) is 19.9 Å². The zero-order valence-electron chi connectivity index (χ0n) is 18.0. The quantitative estimate of drug-likeness (QED) is 0.292. The Morgan fingerprint density at radius 1 is 1.21 bits per heavy atom. The van der Waals surface area contributed by atoms with Crippen LogP contribution < -0.4 is 0 Å². The SMILES string of the molecule is Cc1nc(C(=O)N(CCc2c[nH]c3ccc(F)cc23)CC2CC2)c(-c2ccc(Cl)c(Cl)c2)s1. The molecule has 1 N–H and O–H groups in total. The molecule has 8 heteroatoms. The number of thiazole rings is 1. The number of aryl methyl sites for hydroxylation is 1. The predicted octanol–water partition coefficient (Wildman–Crippen LogP) is 7.14. The minimum absolute atomic E-state index is 0.0849. The highest BCUT2D eigenvalue weighted by Crippen LogP contribution is 2.36. The molecule has 1 fully saturated rings. The molecule has 4 nitrogen and oxygen atoms in total. The van der Waals surface area contributed by atoms with Crippen molar-refractivity contribution < 1.29 is 9.18 Å². The lowest BCUT2D eigenvalue weighted by molar-refractivity contribution is 0.0745. The van der Waals surface area contributed by atoms with Gasteiger partial charge in [-0.05, 0) is 73.6 Å². The van der Waals surface area contributed by atoms with E-state index in [1.165, 1.54) is 17.4 Å². The zero-order chi connectivity index (χ0) is 23.1. The number of halogens is 3. The van der Waals surface area contributed by atoms with Crippen LogP contribution >= 0.6 is 34.5 Å². The van der Waals surface area contributed by atoms with Crippen LogP contribution in [0.15, 0.2) is 42.6 Å². The van der Waals surface area contributed by atoms with Gasteiger partial charge >= 0.3 is 0 Å². The third-order valence-corrected chi connectivity index (χ3v) is 7.72. The first-order chi connectivity index (χ1) is 15.9. The van der Waals surface area contributed by atoms with Gasteiger partial charge in [0.2, 0.25) is 0 Å². The van der Waals surface area contributed by atoms with Crippen LogP contribution in [0.1, 0.15) is 33.9 Å². The highest BCUT2D eigenvalue weighted by molar-refractivity contribution is 7.15. The van der Waals surface area contributed by atoms with Crippen LogP contribution in [0.3, 0.4) is 0 Å². The second-order valence-corrected chi connectivity index (χ2v) is 10.5. The monoisotopic (exact) mass is 501 g/mol. The number of hydrogen-bond acceptors (Lipinski definition) is 3. The highest BCUT2D eigenvalue weighted by Gasteiger charge is 2.30. The fourth-order valence-corrected chi connectivity index (χ4v) is 5.26. The molecule has 0 saturated heterocycles. The molecule has 1 saturated carbocycles. The first kappa shape index (κ1) is 22.4. The topological polar surface area (TPSA) is 49.0 Å². The fraction of sp³-hybridized carbons (Fsp3) is 0.280. The van der Waals surface area contributed by atoms with E-state index in [0.717, 1.165) is 44.8 Å². The van der Waals surface area contributed by atoms with Crippen LogP contribution in [-0.2, 0) is 6.42 Å². The van der Waals surface area contributed by atoms with Crippen molar-refractivity contribution in [3.63, 3.8) is 0 Å². The first-order valence-corrected chi connectivity index (χ1v) is 12.4. The molecule has 0 unspecified atom stereocenters. The number of carbonyl (C=O) groups is 1. The lowest BCUT2D eigenvalue weighted by Gasteiger charge is -2.22. The largest absolute Gasteiger partial charge is 0.361 e. The van der Waals surface area contributed by atoms with Crippen molar-refractivity contribution in [1.82, 2.24) is 14.9 Å². The first-order valence-electron chi connectivity index (χ1n) is 10.9. The van der Waals surface area contributed by atoms with Crippen molar-refractivity contribution in [3.05, 3.63) is 74.7 Å². The zero-order valence-corrected chi connectivity index (χ0v) is 20.3. The molecule has 2 aromatic carbocycles. The second kappa shape index (κ2) is 9.09. The third kappa shape index (κ3) is 4.79. The molecule has 2 heterocycles. The number of fused-ring (bicyclic) bond motifs is 1. The molecule has 4 aromatic rings. The van der Waals surface area contributed by atoms with Gasteiger partial charge in [-0.1, -0.05) is 29.3 Å². The average molecular weight is 502 g/mol. The number of amides is 1. The minimum atomic E-state index is -0.265. The van der Waals surface area contributed by atoms with Crippen molar-refractivity contribution in [2.45, 2.75) is 26.2 Å². The average Bonchev–Trinajstić information content (AvgIpc) is 3.40. The van der Waals surface area contributed by atoms with E-state index in [9.17, 15) is 9.18 Å². The molecule has 0 radical (unpaired) electrons. The molecule has 0 atom stereocenters. The van der Waals surface area contributed by atoms with E-state index in [-0.39, 0.29) is 11.7 Å². The number of hydrogen-bond donors (Lipinski definition) is 1. The van der Waals surface area contributed by atoms with Gasteiger partial charge in [0.15, 0.2) is 0 Å². The van der Waals surface area contributed by atoms with E-state index in [1.54, 1.807) is 24.3 Å². The Bertz CT molecular complexity index is 1340. The van der Waals surface area contributed by atoms with Gasteiger partial charge < -0.3 is 9.88 Å². The molecule has 2 aromatic heterocycles. The van der Waals surface area contributed by atoms with Gasteiger partial charge in [-0.25, -0.2) is 9.37 Å². The van der Waals surface area contributed by atoms with Crippen LogP contribution in [0.4, 0.5) is 4.39 Å². The Labute approximate surface area is 205 Å². The summed E-state index contributed by atoms with van der Waals surface area (Å²) in [6, 6.07) is 10.1. The summed E-state index contributed by atoms with van der Waals surface area (Å²) in [5.74, 6) is 0.180. The van der Waals surface area contributed by atoms with Gasteiger partial charge in [-0.3, -0.25) is 4.79 Å². The van der Waals surface area contributed by atoms with Crippen LogP contribution in [0, 0.1) is 18.7 Å². The normalized spacial score (nSPS) is 13.6. The van der Waals surface area contributed by atoms with Crippen LogP contribution in [0.2, 0.25) is 10.0 Å². The molecule has 1 amide bonds. The molecule has 0 spiro atoms. The Morgan fingerprint density at radius 3 is 2.79 bits per heavy atom. The maximum absolute atomic E-state index is 13.8. The highest BCUT2D eigenvalue weighted by atomic mass is 35.5. The maximum atomic E-state index is 13.8. The summed E-state index contributed by atoms with van der Waals surface area (Å²) in [5, 5.41) is 2.59. The van der Waals surface area contributed by atoms with E-state index in [4.69, 9.17) is 23.2 Å². The summed E-state index contributed by atoms with van der Waals surface area (Å²) in [4.78, 5) is 24.2. The minimum Gasteiger partial charge on any atom is -0.361 e. The van der Waals surface area contributed by atoms with E-state index >= 15 is 0 Å². The lowest BCUT2D eigenvalue weighted by atomic mass is 10.1. The van der Waals surface area contributed by atoms with E-state index in [0.29, 0.717) is 41.2 Å². The summed E-state index contributed by atoms with van der Waals surface area (Å²) in [6.07, 6.45) is 4.81. The number of rotatable bonds is 7. The molecular formula is C25H22Cl2FN3OS. The number of aromatic amines is 1. The van der Waals surface area contributed by atoms with Crippen molar-refractivity contribution >= 4 is 51.3 Å². The third-order valence-electron chi connectivity index (χ3n) is 5.96. The van der Waals surface area contributed by atoms with Gasteiger partial charge in [0.25, 0.3) is 5.91 Å². The Hall–Kier alpha value is -2.41. The van der Waals surface area contributed by atoms with E-state index in [1.807, 2.05) is 24.1 Å². The summed E-state index contributed by atoms with van der Waals surface area (Å²) in [7, 11) is 0. The Balaban J connectivity index is 1.43. The van der Waals surface area contributed by atoms with Crippen molar-refractivity contribution in [3.8, 4) is 10.4 Å².